The van der Waals surface area contributed by atoms with Gasteiger partial charge in [0.2, 0.25) is 0 Å². The molecule has 1 aromatic heterocycles. The molecular formula is C22H28F3N5O. The fourth-order valence-corrected chi connectivity index (χ4v) is 3.55. The van der Waals surface area contributed by atoms with Gasteiger partial charge in [-0.25, -0.2) is 9.78 Å². The van der Waals surface area contributed by atoms with E-state index in [9.17, 15) is 18.0 Å². The number of hydrogen-bond donors (Lipinski definition) is 3. The van der Waals surface area contributed by atoms with Crippen molar-refractivity contribution in [2.45, 2.75) is 19.0 Å². The Kier molecular flexibility index (Phi) is 8.11. The summed E-state index contributed by atoms with van der Waals surface area (Å²) >= 11 is 0. The molecule has 0 aliphatic carbocycles. The number of urea groups is 1. The summed E-state index contributed by atoms with van der Waals surface area (Å²) in [6, 6.07) is 12.4. The van der Waals surface area contributed by atoms with Gasteiger partial charge >= 0.3 is 12.2 Å². The van der Waals surface area contributed by atoms with Crippen molar-refractivity contribution in [1.82, 2.24) is 20.5 Å². The number of nitrogens with zero attached hydrogens (tertiary/aromatic N) is 2. The lowest BCUT2D eigenvalue weighted by molar-refractivity contribution is -0.137. The van der Waals surface area contributed by atoms with Crippen molar-refractivity contribution in [3.8, 4) is 0 Å². The van der Waals surface area contributed by atoms with Crippen LogP contribution in [0.25, 0.3) is 0 Å². The number of likely N-dealkylation sites (tertiary alicyclic amines) is 1. The molecule has 2 amide bonds. The van der Waals surface area contributed by atoms with Gasteiger partial charge < -0.3 is 20.9 Å². The lowest BCUT2D eigenvalue weighted by Crippen LogP contribution is -2.40. The average molecular weight is 435 g/mol. The SMILES string of the molecule is O=C(NCCNc1ccc(C(F)(F)F)cn1)NCC1CCN(CCc2ccccc2)C1. The summed E-state index contributed by atoms with van der Waals surface area (Å²) in [5.74, 6) is 0.771. The van der Waals surface area contributed by atoms with Gasteiger partial charge in [0.05, 0.1) is 5.56 Å². The van der Waals surface area contributed by atoms with Crippen LogP contribution >= 0.6 is 0 Å². The fraction of sp³-hybridized carbons (Fsp3) is 0.455. The van der Waals surface area contributed by atoms with E-state index in [0.29, 0.717) is 31.4 Å². The molecule has 1 atom stereocenters. The minimum Gasteiger partial charge on any atom is -0.368 e. The number of nitrogens with one attached hydrogen (secondary N) is 3. The Labute approximate surface area is 180 Å². The highest BCUT2D eigenvalue weighted by molar-refractivity contribution is 5.73. The standard InChI is InChI=1S/C22H28F3N5O/c23-22(24,25)19-6-7-20(28-15-19)26-10-11-27-21(31)29-14-18-9-13-30(16-18)12-8-17-4-2-1-3-5-17/h1-7,15,18H,8-14,16H2,(H,26,28)(H2,27,29,31). The molecule has 3 N–H and O–H groups in total. The third kappa shape index (κ3) is 7.75. The molecule has 0 radical (unpaired) electrons. The van der Waals surface area contributed by atoms with Crippen molar-refractivity contribution in [3.05, 3.63) is 59.8 Å². The summed E-state index contributed by atoms with van der Waals surface area (Å²) in [6.07, 6.45) is -1.52. The summed E-state index contributed by atoms with van der Waals surface area (Å²) in [5.41, 5.74) is 0.546. The number of alkyl halides is 3. The maximum Gasteiger partial charge on any atom is 0.417 e. The molecule has 168 valence electrons. The predicted molar refractivity (Wildman–Crippen MR) is 114 cm³/mol. The van der Waals surface area contributed by atoms with Crippen LogP contribution in [-0.4, -0.2) is 55.2 Å². The topological polar surface area (TPSA) is 69.3 Å². The van der Waals surface area contributed by atoms with Crippen LogP contribution in [0.15, 0.2) is 48.7 Å². The highest BCUT2D eigenvalue weighted by Gasteiger charge is 2.30. The lowest BCUT2D eigenvalue weighted by atomic mass is 10.1. The molecule has 9 heteroatoms. The summed E-state index contributed by atoms with van der Waals surface area (Å²) < 4.78 is 37.5. The van der Waals surface area contributed by atoms with E-state index in [0.717, 1.165) is 44.7 Å². The minimum absolute atomic E-state index is 0.245. The van der Waals surface area contributed by atoms with Gasteiger partial charge in [0.1, 0.15) is 5.82 Å². The molecule has 1 aliphatic rings. The van der Waals surface area contributed by atoms with Crippen LogP contribution in [0.5, 0.6) is 0 Å². The van der Waals surface area contributed by atoms with Crippen LogP contribution in [0.1, 0.15) is 17.5 Å². The highest BCUT2D eigenvalue weighted by atomic mass is 19.4. The Bertz CT molecular complexity index is 814. The number of anilines is 1. The van der Waals surface area contributed by atoms with E-state index in [1.807, 2.05) is 6.07 Å². The summed E-state index contributed by atoms with van der Waals surface area (Å²) in [4.78, 5) is 18.1. The maximum absolute atomic E-state index is 12.5. The Morgan fingerprint density at radius 1 is 1.10 bits per heavy atom. The molecule has 3 rings (SSSR count). The van der Waals surface area contributed by atoms with E-state index in [1.165, 1.54) is 11.6 Å². The normalized spacial score (nSPS) is 16.8. The third-order valence-corrected chi connectivity index (χ3v) is 5.29. The maximum atomic E-state index is 12.5. The van der Waals surface area contributed by atoms with Gasteiger partial charge in [0.15, 0.2) is 0 Å². The van der Waals surface area contributed by atoms with Crippen molar-refractivity contribution in [2.24, 2.45) is 5.92 Å². The number of halogens is 3. The van der Waals surface area contributed by atoms with Gasteiger partial charge in [-0.05, 0) is 43.0 Å². The van der Waals surface area contributed by atoms with Crippen LogP contribution in [0, 0.1) is 5.92 Å². The largest absolute Gasteiger partial charge is 0.417 e. The molecule has 0 saturated carbocycles. The molecular weight excluding hydrogens is 407 g/mol. The van der Waals surface area contributed by atoms with Gasteiger partial charge in [0.25, 0.3) is 0 Å². The molecule has 31 heavy (non-hydrogen) atoms. The summed E-state index contributed by atoms with van der Waals surface area (Å²) in [6.45, 7) is 4.38. The monoisotopic (exact) mass is 435 g/mol. The first-order valence-electron chi connectivity index (χ1n) is 10.5. The molecule has 6 nitrogen and oxygen atoms in total. The van der Waals surface area contributed by atoms with Crippen LogP contribution in [0.4, 0.5) is 23.8 Å². The second kappa shape index (κ2) is 11.0. The highest BCUT2D eigenvalue weighted by Crippen LogP contribution is 2.28. The van der Waals surface area contributed by atoms with Crippen molar-refractivity contribution in [3.63, 3.8) is 0 Å². The van der Waals surface area contributed by atoms with E-state index in [-0.39, 0.29) is 6.03 Å². The van der Waals surface area contributed by atoms with Gasteiger partial charge in [-0.1, -0.05) is 30.3 Å². The van der Waals surface area contributed by atoms with Gasteiger partial charge in [-0.15, -0.1) is 0 Å². The van der Waals surface area contributed by atoms with Crippen molar-refractivity contribution < 1.29 is 18.0 Å². The molecule has 1 saturated heterocycles. The zero-order valence-electron chi connectivity index (χ0n) is 17.3. The number of benzene rings is 1. The number of carbonyl (C=O) groups is 1. The van der Waals surface area contributed by atoms with E-state index >= 15 is 0 Å². The minimum atomic E-state index is -4.40. The third-order valence-electron chi connectivity index (χ3n) is 5.29. The number of pyridine rings is 1. The molecule has 2 aromatic rings. The Morgan fingerprint density at radius 2 is 1.90 bits per heavy atom. The molecule has 0 spiro atoms. The predicted octanol–water partition coefficient (Wildman–Crippen LogP) is 3.38. The van der Waals surface area contributed by atoms with Gasteiger partial charge in [-0.2, -0.15) is 13.2 Å². The molecule has 2 heterocycles. The second-order valence-corrected chi connectivity index (χ2v) is 7.68. The quantitative estimate of drug-likeness (QED) is 0.529. The van der Waals surface area contributed by atoms with Crippen molar-refractivity contribution in [1.29, 1.82) is 0 Å². The number of aromatic nitrogens is 1. The zero-order chi connectivity index (χ0) is 22.1. The van der Waals surface area contributed by atoms with E-state index in [1.54, 1.807) is 0 Å². The molecule has 1 aromatic carbocycles. The molecule has 1 unspecified atom stereocenters. The zero-order valence-corrected chi connectivity index (χ0v) is 17.3. The van der Waals surface area contributed by atoms with E-state index in [2.05, 4.69) is 50.1 Å². The molecule has 1 aliphatic heterocycles. The smallest absolute Gasteiger partial charge is 0.368 e. The Hall–Kier alpha value is -2.81. The summed E-state index contributed by atoms with van der Waals surface area (Å²) in [5, 5.41) is 8.51. The van der Waals surface area contributed by atoms with E-state index in [4.69, 9.17) is 0 Å². The van der Waals surface area contributed by atoms with E-state index < -0.39 is 11.7 Å². The fourth-order valence-electron chi connectivity index (χ4n) is 3.55. The Balaban J connectivity index is 1.25. The molecule has 1 fully saturated rings. The van der Waals surface area contributed by atoms with Crippen LogP contribution in [0.2, 0.25) is 0 Å². The average Bonchev–Trinajstić information content (AvgIpc) is 3.22. The lowest BCUT2D eigenvalue weighted by Gasteiger charge is -2.16. The summed E-state index contributed by atoms with van der Waals surface area (Å²) in [7, 11) is 0. The van der Waals surface area contributed by atoms with Crippen LogP contribution in [-0.2, 0) is 12.6 Å². The van der Waals surface area contributed by atoms with Crippen molar-refractivity contribution >= 4 is 11.8 Å². The Morgan fingerprint density at radius 3 is 2.61 bits per heavy atom. The first-order valence-corrected chi connectivity index (χ1v) is 10.5. The molecule has 0 bridgehead atoms. The van der Waals surface area contributed by atoms with Gasteiger partial charge in [0, 0.05) is 38.9 Å². The van der Waals surface area contributed by atoms with Gasteiger partial charge in [-0.3, -0.25) is 0 Å². The number of amides is 2. The first kappa shape index (κ1) is 22.9. The first-order chi connectivity index (χ1) is 14.9. The van der Waals surface area contributed by atoms with Crippen LogP contribution < -0.4 is 16.0 Å². The second-order valence-electron chi connectivity index (χ2n) is 7.68. The van der Waals surface area contributed by atoms with Crippen LogP contribution in [0.3, 0.4) is 0 Å². The number of rotatable bonds is 9. The number of hydrogen-bond acceptors (Lipinski definition) is 4. The number of carbonyl (C=O) groups excluding carboxylic acids is 1. The van der Waals surface area contributed by atoms with Crippen molar-refractivity contribution in [2.75, 3.05) is 44.6 Å².